The Morgan fingerprint density at radius 2 is 1.81 bits per heavy atom. The molecule has 0 aliphatic carbocycles. The van der Waals surface area contributed by atoms with Crippen LogP contribution >= 0.6 is 0 Å². The molecule has 3 heteroatoms. The van der Waals surface area contributed by atoms with Crippen molar-refractivity contribution in [2.45, 2.75) is 6.92 Å². The molecule has 0 unspecified atom stereocenters. The molecule has 0 aliphatic rings. The van der Waals surface area contributed by atoms with Gasteiger partial charge in [-0.1, -0.05) is 42.5 Å². The summed E-state index contributed by atoms with van der Waals surface area (Å²) in [5.41, 5.74) is 2.72. The number of nitrogens with one attached hydrogen (secondary N) is 1. The molecule has 0 radical (unpaired) electrons. The second-order valence-electron chi connectivity index (χ2n) is 4.49. The summed E-state index contributed by atoms with van der Waals surface area (Å²) in [5.74, 6) is -0.284. The summed E-state index contributed by atoms with van der Waals surface area (Å²) in [6.07, 6.45) is 4.13. The molecule has 1 N–H and O–H groups in total. The molecule has 0 heterocycles. The highest BCUT2D eigenvalue weighted by Gasteiger charge is 2.04. The molecular weight excluding hydrogens is 262 g/mol. The maximum atomic E-state index is 11.5. The van der Waals surface area contributed by atoms with Gasteiger partial charge in [-0.2, -0.15) is 0 Å². The zero-order chi connectivity index (χ0) is 14.9. The lowest BCUT2D eigenvalue weighted by Gasteiger charge is -2.05. The minimum absolute atomic E-state index is 0.284. The van der Waals surface area contributed by atoms with Crippen molar-refractivity contribution in [2.24, 2.45) is 0 Å². The third-order valence-corrected chi connectivity index (χ3v) is 2.93. The number of carbonyl (C=O) groups is 1. The highest BCUT2D eigenvalue weighted by atomic mass is 16.5. The van der Waals surface area contributed by atoms with Gasteiger partial charge in [0.25, 0.3) is 0 Å². The van der Waals surface area contributed by atoms with Crippen molar-refractivity contribution in [2.75, 3.05) is 18.5 Å². The molecule has 3 nitrogen and oxygen atoms in total. The van der Waals surface area contributed by atoms with Gasteiger partial charge in [0.05, 0.1) is 12.2 Å². The summed E-state index contributed by atoms with van der Waals surface area (Å²) in [6.45, 7) is 2.92. The maximum Gasteiger partial charge on any atom is 0.338 e. The van der Waals surface area contributed by atoms with Crippen LogP contribution in [0.25, 0.3) is 6.08 Å². The first-order chi connectivity index (χ1) is 10.3. The standard InChI is InChI=1S/C18H19NO2/c1-2-21-18(20)16-10-12-17(13-11-16)19-14-6-9-15-7-4-3-5-8-15/h3-13,19H,2,14H2,1H3/b9-6+. The Balaban J connectivity index is 1.84. The fourth-order valence-electron chi connectivity index (χ4n) is 1.87. The fraction of sp³-hybridized carbons (Fsp3) is 0.167. The first-order valence-corrected chi connectivity index (χ1v) is 7.02. The summed E-state index contributed by atoms with van der Waals surface area (Å²) in [7, 11) is 0. The van der Waals surface area contributed by atoms with E-state index in [1.165, 1.54) is 5.56 Å². The molecule has 0 atom stereocenters. The van der Waals surface area contributed by atoms with Crippen molar-refractivity contribution in [3.8, 4) is 0 Å². The summed E-state index contributed by atoms with van der Waals surface area (Å²) in [6, 6.07) is 17.4. The van der Waals surface area contributed by atoms with Crippen molar-refractivity contribution >= 4 is 17.7 Å². The highest BCUT2D eigenvalue weighted by Crippen LogP contribution is 2.10. The molecule has 0 aliphatic heterocycles. The Kier molecular flexibility index (Phi) is 5.59. The molecule has 0 fully saturated rings. The number of anilines is 1. The molecule has 21 heavy (non-hydrogen) atoms. The van der Waals surface area contributed by atoms with E-state index >= 15 is 0 Å². The summed E-state index contributed by atoms with van der Waals surface area (Å²) >= 11 is 0. The van der Waals surface area contributed by atoms with Gasteiger partial charge in [0, 0.05) is 12.2 Å². The largest absolute Gasteiger partial charge is 0.462 e. The third kappa shape index (κ3) is 4.80. The van der Waals surface area contributed by atoms with Gasteiger partial charge in [0.15, 0.2) is 0 Å². The molecule has 2 rings (SSSR count). The van der Waals surface area contributed by atoms with Gasteiger partial charge < -0.3 is 10.1 Å². The van der Waals surface area contributed by atoms with Gasteiger partial charge in [-0.15, -0.1) is 0 Å². The lowest BCUT2D eigenvalue weighted by molar-refractivity contribution is 0.0526. The molecule has 0 bridgehead atoms. The van der Waals surface area contributed by atoms with E-state index < -0.39 is 0 Å². The fourth-order valence-corrected chi connectivity index (χ4v) is 1.87. The van der Waals surface area contributed by atoms with E-state index in [-0.39, 0.29) is 5.97 Å². The Bertz CT molecular complexity index is 588. The van der Waals surface area contributed by atoms with Crippen LogP contribution in [0.5, 0.6) is 0 Å². The van der Waals surface area contributed by atoms with Crippen LogP contribution in [-0.4, -0.2) is 19.1 Å². The lowest BCUT2D eigenvalue weighted by Crippen LogP contribution is -2.05. The first-order valence-electron chi connectivity index (χ1n) is 7.02. The number of ether oxygens (including phenoxy) is 1. The summed E-state index contributed by atoms with van der Waals surface area (Å²) < 4.78 is 4.94. The van der Waals surface area contributed by atoms with Gasteiger partial charge in [-0.3, -0.25) is 0 Å². The minimum Gasteiger partial charge on any atom is -0.462 e. The van der Waals surface area contributed by atoms with E-state index in [0.717, 1.165) is 12.2 Å². The van der Waals surface area contributed by atoms with Gasteiger partial charge in [0.1, 0.15) is 0 Å². The number of benzene rings is 2. The smallest absolute Gasteiger partial charge is 0.338 e. The second kappa shape index (κ2) is 7.90. The Hall–Kier alpha value is -2.55. The molecule has 0 saturated heterocycles. The van der Waals surface area contributed by atoms with E-state index in [4.69, 9.17) is 4.74 Å². The van der Waals surface area contributed by atoms with E-state index in [0.29, 0.717) is 12.2 Å². The van der Waals surface area contributed by atoms with Crippen molar-refractivity contribution in [1.29, 1.82) is 0 Å². The number of hydrogen-bond acceptors (Lipinski definition) is 3. The van der Waals surface area contributed by atoms with E-state index in [2.05, 4.69) is 29.6 Å². The number of esters is 1. The van der Waals surface area contributed by atoms with Gasteiger partial charge in [-0.25, -0.2) is 4.79 Å². The predicted octanol–water partition coefficient (Wildman–Crippen LogP) is 3.99. The van der Waals surface area contributed by atoms with Crippen LogP contribution in [0.2, 0.25) is 0 Å². The van der Waals surface area contributed by atoms with Crippen LogP contribution in [0.1, 0.15) is 22.8 Å². The SMILES string of the molecule is CCOC(=O)c1ccc(NC/C=C/c2ccccc2)cc1. The number of carbonyl (C=O) groups excluding carboxylic acids is 1. The predicted molar refractivity (Wildman–Crippen MR) is 86.4 cm³/mol. The zero-order valence-electron chi connectivity index (χ0n) is 12.1. The zero-order valence-corrected chi connectivity index (χ0v) is 12.1. The third-order valence-electron chi connectivity index (χ3n) is 2.93. The minimum atomic E-state index is -0.284. The molecule has 0 spiro atoms. The van der Waals surface area contributed by atoms with E-state index in [1.54, 1.807) is 19.1 Å². The van der Waals surface area contributed by atoms with E-state index in [9.17, 15) is 4.79 Å². The van der Waals surface area contributed by atoms with Crippen LogP contribution in [0.3, 0.4) is 0 Å². The topological polar surface area (TPSA) is 38.3 Å². The van der Waals surface area contributed by atoms with Gasteiger partial charge >= 0.3 is 5.97 Å². The Labute approximate surface area is 125 Å². The normalized spacial score (nSPS) is 10.5. The molecule has 2 aromatic rings. The first kappa shape index (κ1) is 14.9. The van der Waals surface area contributed by atoms with Crippen LogP contribution in [0.4, 0.5) is 5.69 Å². The average Bonchev–Trinajstić information content (AvgIpc) is 2.53. The van der Waals surface area contributed by atoms with Gasteiger partial charge in [0.2, 0.25) is 0 Å². The lowest BCUT2D eigenvalue weighted by atomic mass is 10.2. The van der Waals surface area contributed by atoms with Crippen LogP contribution < -0.4 is 5.32 Å². The van der Waals surface area contributed by atoms with Crippen molar-refractivity contribution in [3.05, 3.63) is 71.8 Å². The van der Waals surface area contributed by atoms with Crippen molar-refractivity contribution in [3.63, 3.8) is 0 Å². The molecule has 0 amide bonds. The van der Waals surface area contributed by atoms with Crippen LogP contribution in [0.15, 0.2) is 60.7 Å². The summed E-state index contributed by atoms with van der Waals surface area (Å²) in [5, 5.41) is 3.27. The number of rotatable bonds is 6. The molecular formula is C18H19NO2. The second-order valence-corrected chi connectivity index (χ2v) is 4.49. The van der Waals surface area contributed by atoms with Crippen molar-refractivity contribution in [1.82, 2.24) is 0 Å². The molecule has 0 saturated carbocycles. The monoisotopic (exact) mass is 281 g/mol. The van der Waals surface area contributed by atoms with Gasteiger partial charge in [-0.05, 0) is 36.8 Å². The quantitative estimate of drug-likeness (QED) is 0.814. The average molecular weight is 281 g/mol. The molecule has 2 aromatic carbocycles. The van der Waals surface area contributed by atoms with Crippen LogP contribution in [0, 0.1) is 0 Å². The molecule has 108 valence electrons. The summed E-state index contributed by atoms with van der Waals surface area (Å²) in [4.78, 5) is 11.5. The van der Waals surface area contributed by atoms with Crippen molar-refractivity contribution < 1.29 is 9.53 Å². The maximum absolute atomic E-state index is 11.5. The Morgan fingerprint density at radius 3 is 2.48 bits per heavy atom. The van der Waals surface area contributed by atoms with E-state index in [1.807, 2.05) is 30.3 Å². The molecule has 0 aromatic heterocycles. The Morgan fingerprint density at radius 1 is 1.10 bits per heavy atom. The number of hydrogen-bond donors (Lipinski definition) is 1. The highest BCUT2D eigenvalue weighted by molar-refractivity contribution is 5.89. The van der Waals surface area contributed by atoms with Crippen LogP contribution in [-0.2, 0) is 4.74 Å².